The van der Waals surface area contributed by atoms with E-state index in [1.165, 1.54) is 7.11 Å². The lowest BCUT2D eigenvalue weighted by Crippen LogP contribution is -2.54. The van der Waals surface area contributed by atoms with Crippen molar-refractivity contribution in [3.8, 4) is 0 Å². The number of piperidine rings is 1. The van der Waals surface area contributed by atoms with E-state index in [4.69, 9.17) is 15.2 Å². The molecule has 21 heavy (non-hydrogen) atoms. The summed E-state index contributed by atoms with van der Waals surface area (Å²) in [5.41, 5.74) is 5.03. The third-order valence-corrected chi connectivity index (χ3v) is 3.23. The minimum absolute atomic E-state index is 0.149. The zero-order chi connectivity index (χ0) is 16.0. The van der Waals surface area contributed by atoms with Crippen molar-refractivity contribution in [3.63, 3.8) is 0 Å². The summed E-state index contributed by atoms with van der Waals surface area (Å²) in [6.07, 6.45) is 0.0817. The molecule has 7 heteroatoms. The van der Waals surface area contributed by atoms with Crippen molar-refractivity contribution in [2.24, 2.45) is 11.7 Å². The minimum atomic E-state index is -0.544. The van der Waals surface area contributed by atoms with Gasteiger partial charge in [-0.2, -0.15) is 0 Å². The summed E-state index contributed by atoms with van der Waals surface area (Å²) in [4.78, 5) is 25.7. The predicted octanol–water partition coefficient (Wildman–Crippen LogP) is 0.333. The largest absolute Gasteiger partial charge is 0.469 e. The molecule has 0 bridgehead atoms. The first kappa shape index (κ1) is 17.7. The fourth-order valence-corrected chi connectivity index (χ4v) is 2.47. The molecule has 0 aromatic carbocycles. The van der Waals surface area contributed by atoms with Gasteiger partial charge < -0.3 is 20.5 Å². The molecule has 0 spiro atoms. The molecule has 2 unspecified atom stereocenters. The van der Waals surface area contributed by atoms with Crippen molar-refractivity contribution >= 4 is 12.1 Å². The van der Waals surface area contributed by atoms with Crippen molar-refractivity contribution in [2.45, 2.75) is 38.8 Å². The van der Waals surface area contributed by atoms with E-state index in [-0.39, 0.29) is 17.9 Å². The normalized spacial score (nSPS) is 23.5. The number of nitrogens with two attached hydrogens (primary N) is 1. The summed E-state index contributed by atoms with van der Waals surface area (Å²) in [7, 11) is 1.38. The number of rotatable bonds is 4. The van der Waals surface area contributed by atoms with E-state index >= 15 is 0 Å². The van der Waals surface area contributed by atoms with Gasteiger partial charge in [0.15, 0.2) is 0 Å². The van der Waals surface area contributed by atoms with Crippen LogP contribution in [0.4, 0.5) is 4.79 Å². The van der Waals surface area contributed by atoms with E-state index in [0.29, 0.717) is 32.6 Å². The van der Waals surface area contributed by atoms with Gasteiger partial charge in [-0.05, 0) is 27.2 Å². The smallest absolute Gasteiger partial charge is 0.407 e. The summed E-state index contributed by atoms with van der Waals surface area (Å²) in [6, 6.07) is -0.149. The summed E-state index contributed by atoms with van der Waals surface area (Å²) in [5, 5.41) is 2.82. The number of nitrogens with zero attached hydrogens (tertiary/aromatic N) is 1. The Morgan fingerprint density at radius 1 is 1.33 bits per heavy atom. The number of ether oxygens (including phenoxy) is 2. The van der Waals surface area contributed by atoms with Gasteiger partial charge in [0.1, 0.15) is 5.60 Å². The van der Waals surface area contributed by atoms with Crippen LogP contribution in [0, 0.1) is 5.92 Å². The Kier molecular flexibility index (Phi) is 6.42. The third-order valence-electron chi connectivity index (χ3n) is 3.23. The van der Waals surface area contributed by atoms with E-state index in [2.05, 4.69) is 10.2 Å². The average Bonchev–Trinajstić information content (AvgIpc) is 2.35. The highest BCUT2D eigenvalue weighted by Crippen LogP contribution is 2.18. The molecule has 0 saturated carbocycles. The van der Waals surface area contributed by atoms with Gasteiger partial charge in [-0.15, -0.1) is 0 Å². The van der Waals surface area contributed by atoms with Crippen LogP contribution in [-0.4, -0.2) is 61.9 Å². The Labute approximate surface area is 126 Å². The van der Waals surface area contributed by atoms with E-state index in [0.717, 1.165) is 0 Å². The fourth-order valence-electron chi connectivity index (χ4n) is 2.47. The van der Waals surface area contributed by atoms with Crippen molar-refractivity contribution < 1.29 is 19.1 Å². The number of amides is 1. The van der Waals surface area contributed by atoms with Crippen molar-refractivity contribution in [1.29, 1.82) is 0 Å². The summed E-state index contributed by atoms with van der Waals surface area (Å²) in [6.45, 7) is 7.88. The van der Waals surface area contributed by atoms with Crippen LogP contribution in [0.3, 0.4) is 0 Å². The van der Waals surface area contributed by atoms with Crippen LogP contribution >= 0.6 is 0 Å². The van der Waals surface area contributed by atoms with Gasteiger partial charge in [0.2, 0.25) is 0 Å². The van der Waals surface area contributed by atoms with Crippen LogP contribution in [0.15, 0.2) is 0 Å². The average molecular weight is 301 g/mol. The predicted molar refractivity (Wildman–Crippen MR) is 78.8 cm³/mol. The lowest BCUT2D eigenvalue weighted by Gasteiger charge is -2.36. The van der Waals surface area contributed by atoms with Gasteiger partial charge in [-0.3, -0.25) is 9.69 Å². The third kappa shape index (κ3) is 6.31. The van der Waals surface area contributed by atoms with E-state index in [9.17, 15) is 9.59 Å². The quantitative estimate of drug-likeness (QED) is 0.727. The minimum Gasteiger partial charge on any atom is -0.469 e. The number of carbonyl (C=O) groups is 2. The van der Waals surface area contributed by atoms with Crippen LogP contribution in [0.1, 0.15) is 27.2 Å². The fraction of sp³-hybridized carbons (Fsp3) is 0.857. The molecule has 1 amide bonds. The maximum Gasteiger partial charge on any atom is 0.407 e. The lowest BCUT2D eigenvalue weighted by atomic mass is 9.94. The van der Waals surface area contributed by atoms with Crippen LogP contribution < -0.4 is 11.1 Å². The molecule has 1 aliphatic heterocycles. The van der Waals surface area contributed by atoms with Gasteiger partial charge >= 0.3 is 12.1 Å². The topological polar surface area (TPSA) is 93.9 Å². The monoisotopic (exact) mass is 301 g/mol. The second kappa shape index (κ2) is 7.61. The molecule has 122 valence electrons. The maximum atomic E-state index is 11.8. The van der Waals surface area contributed by atoms with Crippen LogP contribution in [-0.2, 0) is 14.3 Å². The molecule has 7 nitrogen and oxygen atoms in total. The number of likely N-dealkylation sites (tertiary alicyclic amines) is 1. The number of hydrogen-bond acceptors (Lipinski definition) is 6. The van der Waals surface area contributed by atoms with Gasteiger partial charge in [-0.1, -0.05) is 0 Å². The van der Waals surface area contributed by atoms with Gasteiger partial charge in [-0.25, -0.2) is 4.79 Å². The molecule has 1 heterocycles. The van der Waals surface area contributed by atoms with Crippen LogP contribution in [0.2, 0.25) is 0 Å². The number of esters is 1. The first-order chi connectivity index (χ1) is 9.75. The first-order valence-corrected chi connectivity index (χ1v) is 7.25. The molecular weight excluding hydrogens is 274 g/mol. The second-order valence-electron chi connectivity index (χ2n) is 6.35. The SMILES string of the molecule is COC(=O)C1CC(NC(=O)OC(C)(C)C)CN(CCN)C1. The number of alkyl carbamates (subject to hydrolysis) is 1. The molecule has 0 aromatic heterocycles. The molecule has 3 N–H and O–H groups in total. The van der Waals surface area contributed by atoms with Crippen LogP contribution in [0.5, 0.6) is 0 Å². The standard InChI is InChI=1S/C14H27N3O4/c1-14(2,3)21-13(19)16-11-7-10(12(18)20-4)8-17(9-11)6-5-15/h10-11H,5-9,15H2,1-4H3,(H,16,19). The molecular formula is C14H27N3O4. The Morgan fingerprint density at radius 3 is 2.52 bits per heavy atom. The van der Waals surface area contributed by atoms with Crippen molar-refractivity contribution in [1.82, 2.24) is 10.2 Å². The Bertz CT molecular complexity index is 368. The molecule has 2 atom stereocenters. The van der Waals surface area contributed by atoms with Gasteiger partial charge in [0.25, 0.3) is 0 Å². The number of carbonyl (C=O) groups excluding carboxylic acids is 2. The first-order valence-electron chi connectivity index (χ1n) is 7.25. The van der Waals surface area contributed by atoms with Crippen molar-refractivity contribution in [3.05, 3.63) is 0 Å². The number of methoxy groups -OCH3 is 1. The molecule has 1 saturated heterocycles. The lowest BCUT2D eigenvalue weighted by molar-refractivity contribution is -0.147. The van der Waals surface area contributed by atoms with E-state index in [1.54, 1.807) is 0 Å². The van der Waals surface area contributed by atoms with Gasteiger partial charge in [0, 0.05) is 32.2 Å². The Hall–Kier alpha value is -1.34. The summed E-state index contributed by atoms with van der Waals surface area (Å²) >= 11 is 0. The van der Waals surface area contributed by atoms with Crippen molar-refractivity contribution in [2.75, 3.05) is 33.3 Å². The zero-order valence-corrected chi connectivity index (χ0v) is 13.3. The Morgan fingerprint density at radius 2 is 2.00 bits per heavy atom. The zero-order valence-electron chi connectivity index (χ0n) is 13.3. The molecule has 1 rings (SSSR count). The number of nitrogens with one attached hydrogen (secondary N) is 1. The van der Waals surface area contributed by atoms with E-state index < -0.39 is 11.7 Å². The second-order valence-corrected chi connectivity index (χ2v) is 6.35. The highest BCUT2D eigenvalue weighted by atomic mass is 16.6. The van der Waals surface area contributed by atoms with E-state index in [1.807, 2.05) is 20.8 Å². The summed E-state index contributed by atoms with van der Waals surface area (Å²) < 4.78 is 10.1. The highest BCUT2D eigenvalue weighted by molar-refractivity contribution is 5.73. The maximum absolute atomic E-state index is 11.8. The highest BCUT2D eigenvalue weighted by Gasteiger charge is 2.33. The molecule has 0 aliphatic carbocycles. The molecule has 1 fully saturated rings. The molecule has 0 aromatic rings. The molecule has 1 aliphatic rings. The number of hydrogen-bond donors (Lipinski definition) is 2. The Balaban J connectivity index is 2.62. The summed E-state index contributed by atoms with van der Waals surface area (Å²) in [5.74, 6) is -0.511. The molecule has 0 radical (unpaired) electrons. The van der Waals surface area contributed by atoms with Gasteiger partial charge in [0.05, 0.1) is 13.0 Å². The van der Waals surface area contributed by atoms with Crippen LogP contribution in [0.25, 0.3) is 0 Å².